The maximum absolute atomic E-state index is 5.64. The fourth-order valence-corrected chi connectivity index (χ4v) is 2.14. The summed E-state index contributed by atoms with van der Waals surface area (Å²) in [6.07, 6.45) is 6.58. The molecule has 0 N–H and O–H groups in total. The van der Waals surface area contributed by atoms with Gasteiger partial charge in [0.05, 0.1) is 12.7 Å². The smallest absolute Gasteiger partial charge is 0.247 e. The lowest BCUT2D eigenvalue weighted by molar-refractivity contribution is -0.110. The highest BCUT2D eigenvalue weighted by molar-refractivity contribution is 5.85. The monoisotopic (exact) mass is 245 g/mol. The Balaban J connectivity index is 1.91. The van der Waals surface area contributed by atoms with Gasteiger partial charge in [0.15, 0.2) is 16.8 Å². The van der Waals surface area contributed by atoms with Crippen LogP contribution in [0.15, 0.2) is 25.0 Å². The molecule has 0 bridgehead atoms. The standard InChI is InChI=1S/C11H11N5O2/c1-7-4-17-11(18-7)16-6-13-8-9-12-2-3-15(9)5-14-10(8)16/h2-3,5-7,11H,4H2,1H3. The van der Waals surface area contributed by atoms with Crippen LogP contribution in [0.3, 0.4) is 0 Å². The largest absolute Gasteiger partial charge is 0.332 e. The van der Waals surface area contributed by atoms with Crippen molar-refractivity contribution in [3.63, 3.8) is 0 Å². The molecule has 0 saturated carbocycles. The van der Waals surface area contributed by atoms with Gasteiger partial charge in [0.25, 0.3) is 0 Å². The number of aromatic nitrogens is 5. The second-order valence-electron chi connectivity index (χ2n) is 4.31. The zero-order chi connectivity index (χ0) is 12.1. The third-order valence-corrected chi connectivity index (χ3v) is 3.00. The van der Waals surface area contributed by atoms with Crippen molar-refractivity contribution in [2.75, 3.05) is 6.61 Å². The topological polar surface area (TPSA) is 66.5 Å². The van der Waals surface area contributed by atoms with Gasteiger partial charge in [0, 0.05) is 12.4 Å². The molecular weight excluding hydrogens is 234 g/mol. The molecule has 0 spiro atoms. The van der Waals surface area contributed by atoms with Crippen LogP contribution in [-0.2, 0) is 9.47 Å². The van der Waals surface area contributed by atoms with E-state index in [0.717, 1.165) is 11.2 Å². The van der Waals surface area contributed by atoms with Gasteiger partial charge in [-0.15, -0.1) is 0 Å². The number of hydrogen-bond acceptors (Lipinski definition) is 5. The Labute approximate surface area is 102 Å². The Kier molecular flexibility index (Phi) is 1.94. The number of rotatable bonds is 1. The van der Waals surface area contributed by atoms with Gasteiger partial charge < -0.3 is 9.47 Å². The van der Waals surface area contributed by atoms with Crippen LogP contribution in [0.2, 0.25) is 0 Å². The van der Waals surface area contributed by atoms with Gasteiger partial charge in [0.2, 0.25) is 6.41 Å². The normalized spacial score (nSPS) is 24.3. The quantitative estimate of drug-likeness (QED) is 0.639. The van der Waals surface area contributed by atoms with Crippen molar-refractivity contribution in [1.29, 1.82) is 0 Å². The molecule has 4 rings (SSSR count). The molecule has 1 fully saturated rings. The first-order valence-corrected chi connectivity index (χ1v) is 5.74. The molecule has 0 amide bonds. The zero-order valence-electron chi connectivity index (χ0n) is 9.72. The molecule has 3 aromatic rings. The molecule has 1 aliphatic rings. The molecule has 1 aliphatic heterocycles. The molecule has 7 heteroatoms. The highest BCUT2D eigenvalue weighted by Crippen LogP contribution is 2.25. The summed E-state index contributed by atoms with van der Waals surface area (Å²) in [5.41, 5.74) is 2.24. The molecule has 7 nitrogen and oxygen atoms in total. The van der Waals surface area contributed by atoms with Crippen molar-refractivity contribution in [3.05, 3.63) is 25.0 Å². The summed E-state index contributed by atoms with van der Waals surface area (Å²) < 4.78 is 14.8. The number of hydrogen-bond donors (Lipinski definition) is 0. The Bertz CT molecular complexity index is 718. The average Bonchev–Trinajstić information content (AvgIpc) is 3.03. The van der Waals surface area contributed by atoms with Crippen LogP contribution < -0.4 is 0 Å². The fourth-order valence-electron chi connectivity index (χ4n) is 2.14. The summed E-state index contributed by atoms with van der Waals surface area (Å²) in [5, 5.41) is 0. The van der Waals surface area contributed by atoms with E-state index in [0.29, 0.717) is 12.3 Å². The van der Waals surface area contributed by atoms with Gasteiger partial charge in [-0.2, -0.15) is 0 Å². The molecule has 4 heterocycles. The van der Waals surface area contributed by atoms with E-state index in [9.17, 15) is 0 Å². The minimum Gasteiger partial charge on any atom is -0.332 e. The summed E-state index contributed by atoms with van der Waals surface area (Å²) in [4.78, 5) is 13.0. The van der Waals surface area contributed by atoms with Crippen molar-refractivity contribution in [2.24, 2.45) is 0 Å². The summed E-state index contributed by atoms with van der Waals surface area (Å²) in [5.74, 6) is 0. The molecule has 0 aromatic carbocycles. The summed E-state index contributed by atoms with van der Waals surface area (Å²) in [7, 11) is 0. The summed E-state index contributed by atoms with van der Waals surface area (Å²) in [6.45, 7) is 2.55. The van der Waals surface area contributed by atoms with Crippen LogP contribution in [-0.4, -0.2) is 36.6 Å². The Morgan fingerprint density at radius 2 is 2.17 bits per heavy atom. The highest BCUT2D eigenvalue weighted by atomic mass is 16.7. The first-order valence-electron chi connectivity index (χ1n) is 5.74. The van der Waals surface area contributed by atoms with Crippen LogP contribution in [0.25, 0.3) is 16.8 Å². The van der Waals surface area contributed by atoms with Crippen LogP contribution in [0.5, 0.6) is 0 Å². The predicted molar refractivity (Wildman–Crippen MR) is 61.8 cm³/mol. The minimum atomic E-state index is -0.449. The maximum atomic E-state index is 5.64. The van der Waals surface area contributed by atoms with Gasteiger partial charge in [-0.1, -0.05) is 0 Å². The van der Waals surface area contributed by atoms with Gasteiger partial charge in [-0.05, 0) is 6.92 Å². The number of nitrogens with zero attached hydrogens (tertiary/aromatic N) is 5. The van der Waals surface area contributed by atoms with E-state index in [-0.39, 0.29) is 6.10 Å². The SMILES string of the molecule is CC1COC(n2cnc3c2ncn2ccnc32)O1. The van der Waals surface area contributed by atoms with Crippen LogP contribution in [0, 0.1) is 0 Å². The third kappa shape index (κ3) is 1.28. The van der Waals surface area contributed by atoms with Gasteiger partial charge >= 0.3 is 0 Å². The Hall–Kier alpha value is -1.99. The second kappa shape index (κ2) is 3.50. The van der Waals surface area contributed by atoms with Crippen molar-refractivity contribution in [1.82, 2.24) is 23.9 Å². The molecule has 1 saturated heterocycles. The highest BCUT2D eigenvalue weighted by Gasteiger charge is 2.26. The molecular formula is C11H11N5O2. The fraction of sp³-hybridized carbons (Fsp3) is 0.364. The molecule has 18 heavy (non-hydrogen) atoms. The first-order chi connectivity index (χ1) is 8.83. The van der Waals surface area contributed by atoms with E-state index in [1.807, 2.05) is 17.5 Å². The molecule has 2 atom stereocenters. The lowest BCUT2D eigenvalue weighted by Gasteiger charge is -2.11. The summed E-state index contributed by atoms with van der Waals surface area (Å²) >= 11 is 0. The van der Waals surface area contributed by atoms with Gasteiger partial charge in [0.1, 0.15) is 12.7 Å². The molecule has 0 aliphatic carbocycles. The number of imidazole rings is 2. The number of ether oxygens (including phenoxy) is 2. The van der Waals surface area contributed by atoms with E-state index in [4.69, 9.17) is 9.47 Å². The molecule has 2 unspecified atom stereocenters. The average molecular weight is 245 g/mol. The third-order valence-electron chi connectivity index (χ3n) is 3.00. The lowest BCUT2D eigenvalue weighted by atomic mass is 10.5. The minimum absolute atomic E-state index is 0.0857. The Morgan fingerprint density at radius 3 is 3.00 bits per heavy atom. The van der Waals surface area contributed by atoms with Gasteiger partial charge in [-0.25, -0.2) is 15.0 Å². The van der Waals surface area contributed by atoms with E-state index in [2.05, 4.69) is 15.0 Å². The predicted octanol–water partition coefficient (Wildman–Crippen LogP) is 0.970. The van der Waals surface area contributed by atoms with E-state index < -0.39 is 6.41 Å². The molecule has 3 aromatic heterocycles. The molecule has 92 valence electrons. The van der Waals surface area contributed by atoms with Crippen LogP contribution >= 0.6 is 0 Å². The van der Waals surface area contributed by atoms with E-state index >= 15 is 0 Å². The van der Waals surface area contributed by atoms with Crippen molar-refractivity contribution in [2.45, 2.75) is 19.4 Å². The second-order valence-corrected chi connectivity index (χ2v) is 4.31. The van der Waals surface area contributed by atoms with E-state index in [1.165, 1.54) is 0 Å². The summed E-state index contributed by atoms with van der Waals surface area (Å²) in [6, 6.07) is 0. The Morgan fingerprint density at radius 1 is 1.22 bits per heavy atom. The van der Waals surface area contributed by atoms with E-state index in [1.54, 1.807) is 23.4 Å². The zero-order valence-corrected chi connectivity index (χ0v) is 9.72. The van der Waals surface area contributed by atoms with Crippen molar-refractivity contribution in [3.8, 4) is 0 Å². The maximum Gasteiger partial charge on any atom is 0.247 e. The van der Waals surface area contributed by atoms with Crippen LogP contribution in [0.1, 0.15) is 13.3 Å². The number of fused-ring (bicyclic) bond motifs is 3. The van der Waals surface area contributed by atoms with Crippen molar-refractivity contribution < 1.29 is 9.47 Å². The van der Waals surface area contributed by atoms with Crippen LogP contribution in [0.4, 0.5) is 0 Å². The van der Waals surface area contributed by atoms with Crippen molar-refractivity contribution >= 4 is 16.8 Å². The lowest BCUT2D eigenvalue weighted by Crippen LogP contribution is -2.10. The molecule has 0 radical (unpaired) electrons. The first kappa shape index (κ1) is 9.98. The van der Waals surface area contributed by atoms with Gasteiger partial charge in [-0.3, -0.25) is 8.97 Å².